The van der Waals surface area contributed by atoms with Crippen LogP contribution in [-0.2, 0) is 0 Å². The zero-order valence-corrected chi connectivity index (χ0v) is 9.20. The van der Waals surface area contributed by atoms with Gasteiger partial charge in [0.05, 0.1) is 5.39 Å². The SMILES string of the molecule is CC1(Nc2ncnc3[nH]ccc23)CC(N)C1. The third kappa shape index (κ3) is 1.44. The van der Waals surface area contributed by atoms with Crippen LogP contribution in [0.25, 0.3) is 11.0 Å². The second-order valence-electron chi connectivity index (χ2n) is 4.82. The van der Waals surface area contributed by atoms with E-state index in [1.165, 1.54) is 0 Å². The second-order valence-corrected chi connectivity index (χ2v) is 4.82. The number of anilines is 1. The van der Waals surface area contributed by atoms with E-state index in [0.717, 1.165) is 29.7 Å². The van der Waals surface area contributed by atoms with Gasteiger partial charge in [0.2, 0.25) is 0 Å². The van der Waals surface area contributed by atoms with E-state index < -0.39 is 0 Å². The summed E-state index contributed by atoms with van der Waals surface area (Å²) in [5.74, 6) is 0.889. The number of rotatable bonds is 2. The van der Waals surface area contributed by atoms with E-state index in [4.69, 9.17) is 5.73 Å². The second kappa shape index (κ2) is 3.18. The Kier molecular flexibility index (Phi) is 1.91. The van der Waals surface area contributed by atoms with Crippen molar-refractivity contribution in [3.05, 3.63) is 18.6 Å². The third-order valence-electron chi connectivity index (χ3n) is 3.20. The number of hydrogen-bond acceptors (Lipinski definition) is 4. The van der Waals surface area contributed by atoms with Gasteiger partial charge in [-0.25, -0.2) is 9.97 Å². The molecule has 1 aliphatic carbocycles. The Labute approximate surface area is 93.5 Å². The summed E-state index contributed by atoms with van der Waals surface area (Å²) in [6.45, 7) is 2.18. The van der Waals surface area contributed by atoms with E-state index in [1.807, 2.05) is 12.3 Å². The lowest BCUT2D eigenvalue weighted by atomic mass is 9.74. The third-order valence-corrected chi connectivity index (χ3v) is 3.20. The van der Waals surface area contributed by atoms with Gasteiger partial charge < -0.3 is 16.0 Å². The average molecular weight is 217 g/mol. The van der Waals surface area contributed by atoms with Gasteiger partial charge in [-0.15, -0.1) is 0 Å². The van der Waals surface area contributed by atoms with Crippen LogP contribution in [-0.4, -0.2) is 26.5 Å². The maximum atomic E-state index is 5.82. The molecule has 0 saturated heterocycles. The first-order valence-electron chi connectivity index (χ1n) is 5.48. The van der Waals surface area contributed by atoms with Gasteiger partial charge in [0.25, 0.3) is 0 Å². The van der Waals surface area contributed by atoms with E-state index in [1.54, 1.807) is 6.33 Å². The maximum Gasteiger partial charge on any atom is 0.142 e. The molecule has 2 aromatic rings. The molecule has 0 bridgehead atoms. The van der Waals surface area contributed by atoms with Gasteiger partial charge in [0.1, 0.15) is 17.8 Å². The van der Waals surface area contributed by atoms with Gasteiger partial charge in [-0.05, 0) is 25.8 Å². The first kappa shape index (κ1) is 9.59. The lowest BCUT2D eigenvalue weighted by Crippen LogP contribution is -2.54. The Morgan fingerprint density at radius 3 is 3.06 bits per heavy atom. The van der Waals surface area contributed by atoms with Gasteiger partial charge in [-0.3, -0.25) is 0 Å². The normalized spacial score (nSPS) is 29.0. The van der Waals surface area contributed by atoms with Crippen LogP contribution in [0.3, 0.4) is 0 Å². The molecule has 3 rings (SSSR count). The summed E-state index contributed by atoms with van der Waals surface area (Å²) in [4.78, 5) is 11.5. The van der Waals surface area contributed by atoms with Crippen molar-refractivity contribution in [2.75, 3.05) is 5.32 Å². The summed E-state index contributed by atoms with van der Waals surface area (Å²) in [6, 6.07) is 2.31. The number of H-pyrrole nitrogens is 1. The van der Waals surface area contributed by atoms with Crippen LogP contribution >= 0.6 is 0 Å². The lowest BCUT2D eigenvalue weighted by molar-refractivity contribution is 0.258. The highest BCUT2D eigenvalue weighted by molar-refractivity contribution is 5.86. The van der Waals surface area contributed by atoms with Crippen molar-refractivity contribution in [1.29, 1.82) is 0 Å². The quantitative estimate of drug-likeness (QED) is 0.707. The molecule has 1 aliphatic rings. The van der Waals surface area contributed by atoms with Crippen molar-refractivity contribution in [3.8, 4) is 0 Å². The lowest BCUT2D eigenvalue weighted by Gasteiger charge is -2.44. The number of hydrogen-bond donors (Lipinski definition) is 3. The van der Waals surface area contributed by atoms with Crippen LogP contribution in [0.4, 0.5) is 5.82 Å². The van der Waals surface area contributed by atoms with Crippen LogP contribution in [0.5, 0.6) is 0 Å². The first-order valence-corrected chi connectivity index (χ1v) is 5.48. The van der Waals surface area contributed by atoms with Crippen molar-refractivity contribution in [2.45, 2.75) is 31.3 Å². The molecule has 0 radical (unpaired) electrons. The molecule has 0 spiro atoms. The zero-order chi connectivity index (χ0) is 11.2. The zero-order valence-electron chi connectivity index (χ0n) is 9.20. The molecule has 0 atom stereocenters. The van der Waals surface area contributed by atoms with E-state index in [-0.39, 0.29) is 5.54 Å². The smallest absolute Gasteiger partial charge is 0.142 e. The standard InChI is InChI=1S/C11H15N5/c1-11(4-7(12)5-11)16-10-8-2-3-13-9(8)14-6-15-10/h2-3,6-7H,4-5,12H2,1H3,(H2,13,14,15,16). The summed E-state index contributed by atoms with van der Waals surface area (Å²) in [5, 5.41) is 4.49. The van der Waals surface area contributed by atoms with Crippen molar-refractivity contribution in [1.82, 2.24) is 15.0 Å². The minimum atomic E-state index is 0.0813. The molecule has 1 fully saturated rings. The number of nitrogens with one attached hydrogen (secondary N) is 2. The van der Waals surface area contributed by atoms with Crippen LogP contribution in [0, 0.1) is 0 Å². The molecule has 0 amide bonds. The fraction of sp³-hybridized carbons (Fsp3) is 0.455. The van der Waals surface area contributed by atoms with Gasteiger partial charge in [0, 0.05) is 17.8 Å². The van der Waals surface area contributed by atoms with Gasteiger partial charge in [0.15, 0.2) is 0 Å². The molecule has 1 saturated carbocycles. The molecule has 84 valence electrons. The number of fused-ring (bicyclic) bond motifs is 1. The van der Waals surface area contributed by atoms with Crippen molar-refractivity contribution in [2.24, 2.45) is 5.73 Å². The molecule has 2 heterocycles. The fourth-order valence-electron chi connectivity index (χ4n) is 2.46. The number of nitrogens with zero attached hydrogens (tertiary/aromatic N) is 2. The van der Waals surface area contributed by atoms with Crippen molar-refractivity contribution < 1.29 is 0 Å². The molecule has 5 heteroatoms. The fourth-order valence-corrected chi connectivity index (χ4v) is 2.46. The molecule has 0 aliphatic heterocycles. The molecular formula is C11H15N5. The topological polar surface area (TPSA) is 79.6 Å². The Hall–Kier alpha value is -1.62. The number of nitrogens with two attached hydrogens (primary N) is 1. The van der Waals surface area contributed by atoms with Crippen molar-refractivity contribution >= 4 is 16.9 Å². The van der Waals surface area contributed by atoms with Gasteiger partial charge >= 0.3 is 0 Å². The highest BCUT2D eigenvalue weighted by Crippen LogP contribution is 2.34. The van der Waals surface area contributed by atoms with E-state index in [9.17, 15) is 0 Å². The van der Waals surface area contributed by atoms with E-state index in [2.05, 4.69) is 27.2 Å². The monoisotopic (exact) mass is 217 g/mol. The average Bonchev–Trinajstić information content (AvgIpc) is 2.64. The van der Waals surface area contributed by atoms with Crippen LogP contribution in [0.1, 0.15) is 19.8 Å². The van der Waals surface area contributed by atoms with Crippen LogP contribution in [0.15, 0.2) is 18.6 Å². The molecule has 4 N–H and O–H groups in total. The first-order chi connectivity index (χ1) is 7.66. The predicted octanol–water partition coefficient (Wildman–Crippen LogP) is 1.25. The van der Waals surface area contributed by atoms with E-state index >= 15 is 0 Å². The summed E-state index contributed by atoms with van der Waals surface area (Å²) in [6.07, 6.45) is 5.42. The summed E-state index contributed by atoms with van der Waals surface area (Å²) in [5.41, 5.74) is 6.77. The molecule has 5 nitrogen and oxygen atoms in total. The summed E-state index contributed by atoms with van der Waals surface area (Å²) >= 11 is 0. The number of aromatic amines is 1. The minimum absolute atomic E-state index is 0.0813. The summed E-state index contributed by atoms with van der Waals surface area (Å²) < 4.78 is 0. The van der Waals surface area contributed by atoms with Gasteiger partial charge in [-0.1, -0.05) is 0 Å². The molecule has 16 heavy (non-hydrogen) atoms. The largest absolute Gasteiger partial charge is 0.364 e. The van der Waals surface area contributed by atoms with Gasteiger partial charge in [-0.2, -0.15) is 0 Å². The Balaban J connectivity index is 1.92. The van der Waals surface area contributed by atoms with Crippen molar-refractivity contribution in [3.63, 3.8) is 0 Å². The van der Waals surface area contributed by atoms with Crippen LogP contribution < -0.4 is 11.1 Å². The highest BCUT2D eigenvalue weighted by Gasteiger charge is 2.38. The summed E-state index contributed by atoms with van der Waals surface area (Å²) in [7, 11) is 0. The highest BCUT2D eigenvalue weighted by atomic mass is 15.1. The van der Waals surface area contributed by atoms with E-state index in [0.29, 0.717) is 6.04 Å². The molecule has 0 aromatic carbocycles. The molecule has 0 unspecified atom stereocenters. The maximum absolute atomic E-state index is 5.82. The molecular weight excluding hydrogens is 202 g/mol. The Bertz CT molecular complexity index is 512. The van der Waals surface area contributed by atoms with Crippen LogP contribution in [0.2, 0.25) is 0 Å². The Morgan fingerprint density at radius 2 is 2.31 bits per heavy atom. The Morgan fingerprint density at radius 1 is 1.50 bits per heavy atom. The molecule has 2 aromatic heterocycles. The predicted molar refractivity (Wildman–Crippen MR) is 63.1 cm³/mol. The minimum Gasteiger partial charge on any atom is -0.364 e. The number of aromatic nitrogens is 3.